The lowest BCUT2D eigenvalue weighted by Gasteiger charge is -2.31. The van der Waals surface area contributed by atoms with Crippen LogP contribution < -0.4 is 5.56 Å². The van der Waals surface area contributed by atoms with E-state index in [1.807, 2.05) is 36.0 Å². The first-order valence-corrected chi connectivity index (χ1v) is 11.3. The van der Waals surface area contributed by atoms with Crippen LogP contribution in [0.3, 0.4) is 0 Å². The molecule has 0 saturated carbocycles. The van der Waals surface area contributed by atoms with Crippen LogP contribution in [0.25, 0.3) is 22.6 Å². The number of hydrogen-bond donors (Lipinski definition) is 1. The Morgan fingerprint density at radius 3 is 2.66 bits per heavy atom. The van der Waals surface area contributed by atoms with Crippen molar-refractivity contribution in [1.82, 2.24) is 28.9 Å². The predicted octanol–water partition coefficient (Wildman–Crippen LogP) is 2.45. The molecule has 0 aromatic carbocycles. The number of hydrogen-bond acceptors (Lipinski definition) is 6. The van der Waals surface area contributed by atoms with Crippen LogP contribution in [0.4, 0.5) is 0 Å². The lowest BCUT2D eigenvalue weighted by atomic mass is 9.90. The molecule has 0 bridgehead atoms. The van der Waals surface area contributed by atoms with E-state index in [1.165, 1.54) is 5.56 Å². The molecule has 8 nitrogen and oxygen atoms in total. The number of pyridine rings is 1. The zero-order chi connectivity index (χ0) is 22.2. The molecule has 1 aliphatic rings. The van der Waals surface area contributed by atoms with E-state index in [9.17, 15) is 4.79 Å². The van der Waals surface area contributed by atoms with Crippen LogP contribution in [0, 0.1) is 6.92 Å². The molecule has 4 aromatic rings. The summed E-state index contributed by atoms with van der Waals surface area (Å²) in [5.74, 6) is 0.419. The molecule has 1 saturated heterocycles. The number of piperidine rings is 1. The molecule has 166 valence electrons. The van der Waals surface area contributed by atoms with Crippen molar-refractivity contribution >= 4 is 11.2 Å². The van der Waals surface area contributed by atoms with Gasteiger partial charge in [-0.25, -0.2) is 9.50 Å². The van der Waals surface area contributed by atoms with Gasteiger partial charge in [-0.2, -0.15) is 5.10 Å². The standard InChI is InChI=1S/C24H28N6O2/c1-3-19-22-12-21(27-30(22)14-16(2)25-19)20-13-24(32)29-15-18(4-5-23(29)26-20)17-6-8-28(9-7-17)10-11-31/h4-5,12-15,17,31H,3,6-11H2,1-2H3. The summed E-state index contributed by atoms with van der Waals surface area (Å²) in [7, 11) is 0. The minimum absolute atomic E-state index is 0.105. The lowest BCUT2D eigenvalue weighted by Crippen LogP contribution is -2.35. The van der Waals surface area contributed by atoms with E-state index < -0.39 is 0 Å². The fourth-order valence-corrected chi connectivity index (χ4v) is 4.69. The van der Waals surface area contributed by atoms with E-state index in [2.05, 4.69) is 28.0 Å². The van der Waals surface area contributed by atoms with E-state index in [-0.39, 0.29) is 12.2 Å². The minimum atomic E-state index is -0.105. The second kappa shape index (κ2) is 8.44. The summed E-state index contributed by atoms with van der Waals surface area (Å²) in [5.41, 5.74) is 5.76. The van der Waals surface area contributed by atoms with Crippen molar-refractivity contribution in [1.29, 1.82) is 0 Å². The average molecular weight is 433 g/mol. The molecule has 5 heterocycles. The van der Waals surface area contributed by atoms with Crippen LogP contribution in [-0.4, -0.2) is 60.2 Å². The Morgan fingerprint density at radius 1 is 1.09 bits per heavy atom. The maximum absolute atomic E-state index is 13.0. The van der Waals surface area contributed by atoms with Gasteiger partial charge >= 0.3 is 0 Å². The Labute approximate surface area is 186 Å². The molecule has 1 fully saturated rings. The Kier molecular flexibility index (Phi) is 5.48. The predicted molar refractivity (Wildman–Crippen MR) is 123 cm³/mol. The SMILES string of the molecule is CCc1nc(C)cn2nc(-c3cc(=O)n4cc(C5CCN(CCO)CC5)ccc4n3)cc12. The first-order valence-electron chi connectivity index (χ1n) is 11.3. The number of likely N-dealkylation sites (tertiary alicyclic amines) is 1. The lowest BCUT2D eigenvalue weighted by molar-refractivity contribution is 0.164. The van der Waals surface area contributed by atoms with Crippen molar-refractivity contribution in [2.45, 2.75) is 39.0 Å². The largest absolute Gasteiger partial charge is 0.395 e. The highest BCUT2D eigenvalue weighted by Crippen LogP contribution is 2.28. The molecular weight excluding hydrogens is 404 g/mol. The summed E-state index contributed by atoms with van der Waals surface area (Å²) in [6.45, 7) is 6.90. The minimum Gasteiger partial charge on any atom is -0.395 e. The van der Waals surface area contributed by atoms with Gasteiger partial charge in [-0.1, -0.05) is 13.0 Å². The summed E-state index contributed by atoms with van der Waals surface area (Å²) >= 11 is 0. The third-order valence-corrected chi connectivity index (χ3v) is 6.41. The smallest absolute Gasteiger partial charge is 0.258 e. The van der Waals surface area contributed by atoms with E-state index >= 15 is 0 Å². The zero-order valence-electron chi connectivity index (χ0n) is 18.5. The summed E-state index contributed by atoms with van der Waals surface area (Å²) in [6, 6.07) is 7.54. The van der Waals surface area contributed by atoms with E-state index in [0.717, 1.165) is 55.8 Å². The first kappa shape index (κ1) is 20.8. The van der Waals surface area contributed by atoms with Gasteiger partial charge in [0.25, 0.3) is 5.56 Å². The van der Waals surface area contributed by atoms with Crippen LogP contribution >= 0.6 is 0 Å². The van der Waals surface area contributed by atoms with Gasteiger partial charge in [0.15, 0.2) is 0 Å². The van der Waals surface area contributed by atoms with E-state index in [0.29, 0.717) is 23.0 Å². The molecule has 0 amide bonds. The molecule has 0 unspecified atom stereocenters. The van der Waals surface area contributed by atoms with Gasteiger partial charge in [0.1, 0.15) is 11.3 Å². The molecule has 0 aliphatic carbocycles. The Balaban J connectivity index is 1.48. The molecule has 0 atom stereocenters. The second-order valence-corrected chi connectivity index (χ2v) is 8.55. The van der Waals surface area contributed by atoms with Crippen molar-refractivity contribution in [3.8, 4) is 11.4 Å². The molecule has 0 spiro atoms. The Bertz CT molecular complexity index is 1330. The second-order valence-electron chi connectivity index (χ2n) is 8.55. The number of nitrogens with zero attached hydrogens (tertiary/aromatic N) is 6. The van der Waals surface area contributed by atoms with Crippen LogP contribution in [0.15, 0.2) is 41.5 Å². The Morgan fingerprint density at radius 2 is 1.91 bits per heavy atom. The topological polar surface area (TPSA) is 88.0 Å². The van der Waals surface area contributed by atoms with E-state index in [1.54, 1.807) is 10.5 Å². The number of aryl methyl sites for hydroxylation is 2. The van der Waals surface area contributed by atoms with Gasteiger partial charge in [-0.15, -0.1) is 0 Å². The van der Waals surface area contributed by atoms with Gasteiger partial charge in [-0.05, 0) is 62.9 Å². The summed E-state index contributed by atoms with van der Waals surface area (Å²) in [6.07, 6.45) is 6.70. The third kappa shape index (κ3) is 3.80. The third-order valence-electron chi connectivity index (χ3n) is 6.41. The van der Waals surface area contributed by atoms with Crippen molar-refractivity contribution in [3.05, 3.63) is 64.0 Å². The van der Waals surface area contributed by atoms with E-state index in [4.69, 9.17) is 10.1 Å². The van der Waals surface area contributed by atoms with Crippen molar-refractivity contribution in [2.24, 2.45) is 0 Å². The van der Waals surface area contributed by atoms with Gasteiger partial charge < -0.3 is 10.0 Å². The molecule has 1 aliphatic heterocycles. The number of aromatic nitrogens is 5. The number of fused-ring (bicyclic) bond motifs is 2. The normalized spacial score (nSPS) is 15.7. The first-order chi connectivity index (χ1) is 15.6. The summed E-state index contributed by atoms with van der Waals surface area (Å²) < 4.78 is 3.46. The van der Waals surface area contributed by atoms with Crippen LogP contribution in [0.2, 0.25) is 0 Å². The molecule has 32 heavy (non-hydrogen) atoms. The van der Waals surface area contributed by atoms with Gasteiger partial charge in [0.05, 0.1) is 35.4 Å². The number of aliphatic hydroxyl groups is 1. The van der Waals surface area contributed by atoms with Gasteiger partial charge in [0, 0.05) is 18.8 Å². The fraction of sp³-hybridized carbons (Fsp3) is 0.417. The van der Waals surface area contributed by atoms with Crippen LogP contribution in [0.5, 0.6) is 0 Å². The number of aliphatic hydroxyl groups excluding tert-OH is 1. The van der Waals surface area contributed by atoms with Crippen molar-refractivity contribution < 1.29 is 5.11 Å². The highest BCUT2D eigenvalue weighted by molar-refractivity contribution is 5.66. The van der Waals surface area contributed by atoms with Gasteiger partial charge in [-0.3, -0.25) is 14.2 Å². The molecular formula is C24H28N6O2. The highest BCUT2D eigenvalue weighted by Gasteiger charge is 2.21. The zero-order valence-corrected chi connectivity index (χ0v) is 18.5. The van der Waals surface area contributed by atoms with Crippen molar-refractivity contribution in [3.63, 3.8) is 0 Å². The van der Waals surface area contributed by atoms with Crippen LogP contribution in [0.1, 0.15) is 42.6 Å². The molecule has 8 heteroatoms. The number of β-amino-alcohol motifs (C(OH)–C–C–N with tert-alkyl or cyclic N) is 1. The maximum Gasteiger partial charge on any atom is 0.258 e. The highest BCUT2D eigenvalue weighted by atomic mass is 16.3. The average Bonchev–Trinajstić information content (AvgIpc) is 3.23. The van der Waals surface area contributed by atoms with Gasteiger partial charge in [0.2, 0.25) is 0 Å². The number of rotatable bonds is 5. The molecule has 0 radical (unpaired) electrons. The quantitative estimate of drug-likeness (QED) is 0.521. The van der Waals surface area contributed by atoms with Crippen molar-refractivity contribution in [2.75, 3.05) is 26.2 Å². The maximum atomic E-state index is 13.0. The molecule has 5 rings (SSSR count). The monoisotopic (exact) mass is 432 g/mol. The summed E-state index contributed by atoms with van der Waals surface area (Å²) in [5, 5.41) is 13.8. The summed E-state index contributed by atoms with van der Waals surface area (Å²) in [4.78, 5) is 24.6. The Hall–Kier alpha value is -3.10. The molecule has 1 N–H and O–H groups in total. The molecule has 4 aromatic heterocycles. The van der Waals surface area contributed by atoms with Crippen LogP contribution in [-0.2, 0) is 6.42 Å². The fourth-order valence-electron chi connectivity index (χ4n) is 4.69.